The number of hydrogen-bond acceptors (Lipinski definition) is 1. The zero-order valence-electron chi connectivity index (χ0n) is 20.6. The number of pyridine rings is 1. The predicted molar refractivity (Wildman–Crippen MR) is 158 cm³/mol. The van der Waals surface area contributed by atoms with Gasteiger partial charge < -0.3 is 9.13 Å². The van der Waals surface area contributed by atoms with Gasteiger partial charge in [0.05, 0.1) is 28.3 Å². The highest BCUT2D eigenvalue weighted by Gasteiger charge is 2.20. The fraction of sp³-hybridized carbons (Fsp3) is 0. The molecule has 0 saturated heterocycles. The first kappa shape index (κ1) is 21.0. The summed E-state index contributed by atoms with van der Waals surface area (Å²) in [6, 6.07) is 45.4. The summed E-state index contributed by atoms with van der Waals surface area (Å²) in [5.41, 5.74) is 9.41. The first-order chi connectivity index (χ1) is 18.9. The van der Waals surface area contributed by atoms with Crippen LogP contribution in [0.4, 0.5) is 0 Å². The molecule has 0 aliphatic carbocycles. The third kappa shape index (κ3) is 2.99. The van der Waals surface area contributed by atoms with Crippen LogP contribution < -0.4 is 0 Å². The Kier molecular flexibility index (Phi) is 4.52. The lowest BCUT2D eigenvalue weighted by Crippen LogP contribution is -1.96. The van der Waals surface area contributed by atoms with Crippen LogP contribution in [0, 0.1) is 0 Å². The molecule has 0 spiro atoms. The summed E-state index contributed by atoms with van der Waals surface area (Å²) in [6.07, 6.45) is 3.89. The molecular formula is C35H23N3. The average molecular weight is 486 g/mol. The molecule has 8 rings (SSSR count). The fourth-order valence-corrected chi connectivity index (χ4v) is 5.98. The summed E-state index contributed by atoms with van der Waals surface area (Å²) in [4.78, 5) is 4.54. The Hall–Kier alpha value is -5.15. The molecule has 0 aliphatic heterocycles. The van der Waals surface area contributed by atoms with Crippen molar-refractivity contribution in [2.45, 2.75) is 0 Å². The molecule has 0 fully saturated rings. The summed E-state index contributed by atoms with van der Waals surface area (Å²) < 4.78 is 4.78. The van der Waals surface area contributed by atoms with Crippen molar-refractivity contribution in [1.29, 1.82) is 0 Å². The summed E-state index contributed by atoms with van der Waals surface area (Å²) in [5, 5.41) is 4.94. The summed E-state index contributed by atoms with van der Waals surface area (Å²) in [6.45, 7) is 0. The van der Waals surface area contributed by atoms with Gasteiger partial charge in [0.15, 0.2) is 0 Å². The van der Waals surface area contributed by atoms with Crippen molar-refractivity contribution in [3.63, 3.8) is 0 Å². The predicted octanol–water partition coefficient (Wildman–Crippen LogP) is 8.94. The molecule has 5 aromatic carbocycles. The van der Waals surface area contributed by atoms with Crippen LogP contribution in [0.15, 0.2) is 140 Å². The van der Waals surface area contributed by atoms with E-state index in [-0.39, 0.29) is 0 Å². The number of para-hydroxylation sites is 2. The topological polar surface area (TPSA) is 22.8 Å². The molecule has 0 radical (unpaired) electrons. The number of fused-ring (bicyclic) bond motifs is 7. The van der Waals surface area contributed by atoms with Crippen molar-refractivity contribution in [2.75, 3.05) is 0 Å². The van der Waals surface area contributed by atoms with Crippen LogP contribution in [0.3, 0.4) is 0 Å². The van der Waals surface area contributed by atoms with E-state index >= 15 is 0 Å². The van der Waals surface area contributed by atoms with Gasteiger partial charge in [-0.05, 0) is 53.6 Å². The highest BCUT2D eigenvalue weighted by molar-refractivity contribution is 6.26. The molecule has 0 atom stereocenters. The van der Waals surface area contributed by atoms with E-state index in [1.807, 2.05) is 12.4 Å². The van der Waals surface area contributed by atoms with E-state index in [0.717, 1.165) is 16.9 Å². The van der Waals surface area contributed by atoms with E-state index in [4.69, 9.17) is 0 Å². The number of nitrogens with zero attached hydrogens (tertiary/aromatic N) is 3. The van der Waals surface area contributed by atoms with E-state index in [0.29, 0.717) is 0 Å². The number of aromatic nitrogens is 3. The van der Waals surface area contributed by atoms with Crippen LogP contribution in [0.2, 0.25) is 0 Å². The lowest BCUT2D eigenvalue weighted by atomic mass is 10.0. The van der Waals surface area contributed by atoms with Gasteiger partial charge in [-0.15, -0.1) is 0 Å². The number of rotatable bonds is 3. The van der Waals surface area contributed by atoms with Crippen LogP contribution in [0.25, 0.3) is 66.1 Å². The maximum atomic E-state index is 4.54. The lowest BCUT2D eigenvalue weighted by molar-refractivity contribution is 1.17. The van der Waals surface area contributed by atoms with Gasteiger partial charge in [0.2, 0.25) is 0 Å². The maximum absolute atomic E-state index is 4.54. The fourth-order valence-electron chi connectivity index (χ4n) is 5.98. The minimum absolute atomic E-state index is 1.11. The van der Waals surface area contributed by atoms with Gasteiger partial charge in [-0.1, -0.05) is 84.9 Å². The molecule has 3 heterocycles. The molecule has 0 aliphatic rings. The highest BCUT2D eigenvalue weighted by atomic mass is 15.0. The molecule has 38 heavy (non-hydrogen) atoms. The minimum atomic E-state index is 1.11. The zero-order chi connectivity index (χ0) is 25.1. The van der Waals surface area contributed by atoms with Crippen molar-refractivity contribution >= 4 is 43.6 Å². The van der Waals surface area contributed by atoms with Crippen LogP contribution >= 0.6 is 0 Å². The number of benzene rings is 5. The van der Waals surface area contributed by atoms with Gasteiger partial charge in [0.25, 0.3) is 0 Å². The molecular weight excluding hydrogens is 462 g/mol. The SMILES string of the molecule is c1ccc(-c2cccc(-n3c4cnccc4c4ccc5c(c6ccccc6n5-c5ccccc5)c43)c2)cc1. The first-order valence-electron chi connectivity index (χ1n) is 12.9. The standard InChI is InChI=1S/C35H23N3/c1-3-10-24(11-4-1)25-12-9-15-27(22-25)38-33-23-36-21-20-28(33)29-18-19-32-34(35(29)38)30-16-7-8-17-31(30)37(32)26-13-5-2-6-14-26/h1-23H. The Morgan fingerprint density at radius 1 is 0.447 bits per heavy atom. The van der Waals surface area contributed by atoms with Crippen molar-refractivity contribution in [3.05, 3.63) is 140 Å². The zero-order valence-corrected chi connectivity index (χ0v) is 20.6. The third-order valence-corrected chi connectivity index (χ3v) is 7.59. The molecule has 8 aromatic rings. The summed E-state index contributed by atoms with van der Waals surface area (Å²) in [7, 11) is 0. The smallest absolute Gasteiger partial charge is 0.0724 e. The minimum Gasteiger partial charge on any atom is -0.309 e. The third-order valence-electron chi connectivity index (χ3n) is 7.59. The van der Waals surface area contributed by atoms with E-state index < -0.39 is 0 Å². The second-order valence-corrected chi connectivity index (χ2v) is 9.69. The number of hydrogen-bond donors (Lipinski definition) is 0. The molecule has 3 heteroatoms. The van der Waals surface area contributed by atoms with Gasteiger partial charge in [0, 0.05) is 39.1 Å². The van der Waals surface area contributed by atoms with E-state index in [2.05, 4.69) is 142 Å². The average Bonchev–Trinajstić information content (AvgIpc) is 3.51. The van der Waals surface area contributed by atoms with Crippen LogP contribution in [-0.4, -0.2) is 14.1 Å². The van der Waals surface area contributed by atoms with Gasteiger partial charge in [-0.25, -0.2) is 0 Å². The van der Waals surface area contributed by atoms with Gasteiger partial charge in [0.1, 0.15) is 0 Å². The monoisotopic (exact) mass is 485 g/mol. The van der Waals surface area contributed by atoms with Crippen LogP contribution in [-0.2, 0) is 0 Å². The van der Waals surface area contributed by atoms with Crippen molar-refractivity contribution < 1.29 is 0 Å². The Bertz CT molecular complexity index is 2120. The van der Waals surface area contributed by atoms with Gasteiger partial charge >= 0.3 is 0 Å². The summed E-state index contributed by atoms with van der Waals surface area (Å²) >= 11 is 0. The normalized spacial score (nSPS) is 11.7. The van der Waals surface area contributed by atoms with Crippen LogP contribution in [0.5, 0.6) is 0 Å². The Morgan fingerprint density at radius 3 is 2.05 bits per heavy atom. The summed E-state index contributed by atoms with van der Waals surface area (Å²) in [5.74, 6) is 0. The molecule has 178 valence electrons. The van der Waals surface area contributed by atoms with E-state index in [1.54, 1.807) is 0 Å². The van der Waals surface area contributed by atoms with Crippen molar-refractivity contribution in [1.82, 2.24) is 14.1 Å². The highest BCUT2D eigenvalue weighted by Crippen LogP contribution is 2.41. The molecule has 0 saturated carbocycles. The first-order valence-corrected chi connectivity index (χ1v) is 12.9. The second-order valence-electron chi connectivity index (χ2n) is 9.69. The second kappa shape index (κ2) is 8.19. The Balaban J connectivity index is 1.55. The van der Waals surface area contributed by atoms with Crippen molar-refractivity contribution in [2.24, 2.45) is 0 Å². The lowest BCUT2D eigenvalue weighted by Gasteiger charge is -2.11. The molecule has 0 unspecified atom stereocenters. The quantitative estimate of drug-likeness (QED) is 0.245. The molecule has 0 N–H and O–H groups in total. The Morgan fingerprint density at radius 2 is 1.18 bits per heavy atom. The van der Waals surface area contributed by atoms with Crippen molar-refractivity contribution in [3.8, 4) is 22.5 Å². The van der Waals surface area contributed by atoms with Crippen LogP contribution in [0.1, 0.15) is 0 Å². The van der Waals surface area contributed by atoms with Gasteiger partial charge in [-0.2, -0.15) is 0 Å². The molecule has 0 bridgehead atoms. The largest absolute Gasteiger partial charge is 0.309 e. The molecule has 3 aromatic heterocycles. The van der Waals surface area contributed by atoms with Gasteiger partial charge in [-0.3, -0.25) is 4.98 Å². The maximum Gasteiger partial charge on any atom is 0.0724 e. The Labute approximate surface area is 219 Å². The van der Waals surface area contributed by atoms with E-state index in [9.17, 15) is 0 Å². The van der Waals surface area contributed by atoms with E-state index in [1.165, 1.54) is 49.2 Å². The molecule has 3 nitrogen and oxygen atoms in total. The molecule has 0 amide bonds.